The Morgan fingerprint density at radius 1 is 0.854 bits per heavy atom. The van der Waals surface area contributed by atoms with Crippen LogP contribution in [-0.4, -0.2) is 43.8 Å². The summed E-state index contributed by atoms with van der Waals surface area (Å²) in [4.78, 5) is 26.8. The molecule has 1 fully saturated rings. The largest absolute Gasteiger partial charge is 0.514 e. The molecular weight excluding hydrogens is 537 g/mol. The number of rotatable bonds is 6. The number of carbonyl (C=O) groups is 2. The second-order valence-corrected chi connectivity index (χ2v) is 12.0. The van der Waals surface area contributed by atoms with Gasteiger partial charge in [-0.2, -0.15) is 4.22 Å². The maximum absolute atomic E-state index is 14.0. The summed E-state index contributed by atoms with van der Waals surface area (Å²) in [7, 11) is -5.46. The summed E-state index contributed by atoms with van der Waals surface area (Å²) in [6.07, 6.45) is -1.15. The number of ether oxygens (including phenoxy) is 1. The van der Waals surface area contributed by atoms with Crippen molar-refractivity contribution < 1.29 is 27.4 Å². The van der Waals surface area contributed by atoms with Gasteiger partial charge in [0.15, 0.2) is 6.04 Å². The van der Waals surface area contributed by atoms with E-state index in [1.807, 2.05) is 49.4 Å². The minimum atomic E-state index is -4.24. The number of hydrogen-bond acceptors (Lipinski definition) is 6. The van der Waals surface area contributed by atoms with Gasteiger partial charge in [-0.05, 0) is 71.2 Å². The molecule has 0 amide bonds. The van der Waals surface area contributed by atoms with E-state index in [9.17, 15) is 18.0 Å². The van der Waals surface area contributed by atoms with Crippen LogP contribution in [0.1, 0.15) is 22.8 Å². The van der Waals surface area contributed by atoms with Crippen molar-refractivity contribution in [3.05, 3.63) is 120 Å². The van der Waals surface area contributed by atoms with Crippen molar-refractivity contribution in [2.24, 2.45) is 0 Å². The Labute approximate surface area is 238 Å². The Kier molecular flexibility index (Phi) is 6.85. The van der Waals surface area contributed by atoms with Crippen LogP contribution in [0, 0.1) is 6.92 Å². The molecule has 1 saturated heterocycles. The number of hydrogen-bond donors (Lipinski definition) is 0. The van der Waals surface area contributed by atoms with Crippen molar-refractivity contribution in [3.8, 4) is 0 Å². The zero-order valence-corrected chi connectivity index (χ0v) is 23.2. The van der Waals surface area contributed by atoms with Crippen LogP contribution in [0.4, 0.5) is 0 Å². The molecule has 2 atom stereocenters. The van der Waals surface area contributed by atoms with Crippen LogP contribution in [-0.2, 0) is 24.2 Å². The molecular formula is C32H26BNO6S. The minimum absolute atomic E-state index is 0.00629. The molecule has 5 aromatic rings. The average molecular weight is 563 g/mol. The highest BCUT2D eigenvalue weighted by Crippen LogP contribution is 2.30. The molecule has 0 aromatic heterocycles. The second kappa shape index (κ2) is 10.5. The van der Waals surface area contributed by atoms with Crippen molar-refractivity contribution in [2.75, 3.05) is 0 Å². The summed E-state index contributed by atoms with van der Waals surface area (Å²) >= 11 is 0. The van der Waals surface area contributed by atoms with Gasteiger partial charge in [0.05, 0.1) is 10.5 Å². The van der Waals surface area contributed by atoms with Crippen molar-refractivity contribution in [3.63, 3.8) is 0 Å². The van der Waals surface area contributed by atoms with E-state index in [-0.39, 0.29) is 4.90 Å². The van der Waals surface area contributed by atoms with Gasteiger partial charge in [-0.1, -0.05) is 84.4 Å². The average Bonchev–Trinajstić information content (AvgIpc) is 3.34. The monoisotopic (exact) mass is 563 g/mol. The zero-order chi connectivity index (χ0) is 28.7. The van der Waals surface area contributed by atoms with E-state index in [0.717, 1.165) is 25.9 Å². The lowest BCUT2D eigenvalue weighted by Crippen LogP contribution is -2.54. The molecule has 0 bridgehead atoms. The molecule has 0 unspecified atom stereocenters. The first-order chi connectivity index (χ1) is 19.7. The molecule has 0 saturated carbocycles. The highest BCUT2D eigenvalue weighted by atomic mass is 32.2. The number of nitrogens with zero attached hydrogens (tertiary/aromatic N) is 1. The van der Waals surface area contributed by atoms with E-state index < -0.39 is 41.2 Å². The van der Waals surface area contributed by atoms with Crippen LogP contribution in [0.15, 0.2) is 114 Å². The maximum Gasteiger partial charge on any atom is 0.502 e. The van der Waals surface area contributed by atoms with E-state index >= 15 is 0 Å². The maximum atomic E-state index is 14.0. The molecule has 0 aliphatic carbocycles. The number of esters is 1. The molecule has 41 heavy (non-hydrogen) atoms. The Balaban J connectivity index is 1.37. The summed E-state index contributed by atoms with van der Waals surface area (Å²) in [6, 6.07) is 30.7. The molecule has 7 nitrogen and oxygen atoms in total. The normalized spacial score (nSPS) is 16.6. The third-order valence-electron chi connectivity index (χ3n) is 7.36. The molecule has 1 aliphatic rings. The molecule has 5 aromatic carbocycles. The van der Waals surface area contributed by atoms with Gasteiger partial charge in [0, 0.05) is 0 Å². The van der Waals surface area contributed by atoms with E-state index in [4.69, 9.17) is 9.39 Å². The predicted octanol–water partition coefficient (Wildman–Crippen LogP) is 4.86. The second-order valence-electron chi connectivity index (χ2n) is 10.1. The summed E-state index contributed by atoms with van der Waals surface area (Å²) in [6.45, 7) is 3.36. The highest BCUT2D eigenvalue weighted by molar-refractivity contribution is 7.90. The Morgan fingerprint density at radius 2 is 1.49 bits per heavy atom. The summed E-state index contributed by atoms with van der Waals surface area (Å²) in [5.74, 6) is -1.46. The molecule has 1 heterocycles. The SMILES string of the molecule is Cc1ccc(S(=O)(=O)N2B(c3ccccc3)OC(=O)[C@@H]2[C@H](C)OC(=O)c2cccc3cc4ccccc4cc23)cc1. The van der Waals surface area contributed by atoms with Crippen molar-refractivity contribution in [1.82, 2.24) is 4.22 Å². The van der Waals surface area contributed by atoms with E-state index in [1.165, 1.54) is 19.1 Å². The van der Waals surface area contributed by atoms with Gasteiger partial charge in [-0.3, -0.25) is 4.79 Å². The smallest absolute Gasteiger partial charge is 0.502 e. The molecule has 0 radical (unpaired) electrons. The van der Waals surface area contributed by atoms with Crippen LogP contribution in [0.5, 0.6) is 0 Å². The lowest BCUT2D eigenvalue weighted by atomic mass is 9.74. The van der Waals surface area contributed by atoms with Crippen LogP contribution < -0.4 is 5.46 Å². The Hall–Kier alpha value is -4.47. The van der Waals surface area contributed by atoms with Gasteiger partial charge < -0.3 is 9.39 Å². The van der Waals surface area contributed by atoms with E-state index in [1.54, 1.807) is 54.6 Å². The van der Waals surface area contributed by atoms with Crippen molar-refractivity contribution in [2.45, 2.75) is 30.9 Å². The first-order valence-electron chi connectivity index (χ1n) is 13.2. The third kappa shape index (κ3) is 4.88. The number of aryl methyl sites for hydroxylation is 1. The van der Waals surface area contributed by atoms with Gasteiger partial charge in [-0.25, -0.2) is 13.2 Å². The molecule has 1 aliphatic heterocycles. The topological polar surface area (TPSA) is 90.0 Å². The number of benzene rings is 5. The van der Waals surface area contributed by atoms with Crippen LogP contribution in [0.3, 0.4) is 0 Å². The van der Waals surface area contributed by atoms with Crippen molar-refractivity contribution in [1.29, 1.82) is 0 Å². The summed E-state index contributed by atoms with van der Waals surface area (Å²) in [5, 5.41) is 3.56. The standard InChI is InChI=1S/C32H26BNO6S/c1-21-15-17-27(18-16-21)41(37,38)34-30(32(36)40-33(34)26-12-4-3-5-13-26)22(2)39-31(35)28-14-8-11-25-19-23-9-6-7-10-24(23)20-29(25)28/h3-20,22,30H,1-2H3/t22-,30-/m0/s1. The Bertz CT molecular complexity index is 1890. The summed E-state index contributed by atoms with van der Waals surface area (Å²) in [5.41, 5.74) is 1.69. The molecule has 0 N–H and O–H groups in total. The van der Waals surface area contributed by atoms with Gasteiger partial charge in [0.1, 0.15) is 6.10 Å². The first kappa shape index (κ1) is 26.7. The molecule has 6 rings (SSSR count). The van der Waals surface area contributed by atoms with Gasteiger partial charge in [-0.15, -0.1) is 0 Å². The predicted molar refractivity (Wildman–Crippen MR) is 158 cm³/mol. The first-order valence-corrected chi connectivity index (χ1v) is 14.7. The lowest BCUT2D eigenvalue weighted by Gasteiger charge is -2.27. The molecule has 204 valence electrons. The zero-order valence-electron chi connectivity index (χ0n) is 22.4. The number of sulfonamides is 1. The van der Waals surface area contributed by atoms with Crippen LogP contribution >= 0.6 is 0 Å². The van der Waals surface area contributed by atoms with Crippen LogP contribution in [0.25, 0.3) is 21.5 Å². The molecule has 9 heteroatoms. The lowest BCUT2D eigenvalue weighted by molar-refractivity contribution is -0.136. The number of fused-ring (bicyclic) bond motifs is 2. The van der Waals surface area contributed by atoms with E-state index in [0.29, 0.717) is 16.4 Å². The van der Waals surface area contributed by atoms with E-state index in [2.05, 4.69) is 0 Å². The fourth-order valence-electron chi connectivity index (χ4n) is 5.26. The fraction of sp³-hybridized carbons (Fsp3) is 0.125. The highest BCUT2D eigenvalue weighted by Gasteiger charge is 2.56. The van der Waals surface area contributed by atoms with Crippen molar-refractivity contribution >= 4 is 56.0 Å². The third-order valence-corrected chi connectivity index (χ3v) is 9.20. The van der Waals surface area contributed by atoms with Gasteiger partial charge >= 0.3 is 19.0 Å². The molecule has 0 spiro atoms. The van der Waals surface area contributed by atoms with Gasteiger partial charge in [0.25, 0.3) is 0 Å². The Morgan fingerprint density at radius 3 is 2.20 bits per heavy atom. The quantitative estimate of drug-likeness (QED) is 0.167. The minimum Gasteiger partial charge on any atom is -0.514 e. The van der Waals surface area contributed by atoms with Gasteiger partial charge in [0.2, 0.25) is 10.0 Å². The fourth-order valence-corrected chi connectivity index (χ4v) is 6.96. The number of carbonyl (C=O) groups excluding carboxylic acids is 2. The summed E-state index contributed by atoms with van der Waals surface area (Å²) < 4.78 is 40.5. The van der Waals surface area contributed by atoms with Crippen LogP contribution in [0.2, 0.25) is 0 Å².